The molecule has 0 aromatic heterocycles. The highest BCUT2D eigenvalue weighted by Gasteiger charge is 2.10. The minimum atomic E-state index is -2.55. The van der Waals surface area contributed by atoms with Gasteiger partial charge < -0.3 is 4.84 Å². The van der Waals surface area contributed by atoms with Crippen LogP contribution in [-0.2, 0) is 11.4 Å². The first-order chi connectivity index (χ1) is 9.68. The molecule has 2 rings (SSSR count). The lowest BCUT2D eigenvalue weighted by Gasteiger charge is -2.04. The van der Waals surface area contributed by atoms with Gasteiger partial charge in [0.1, 0.15) is 12.8 Å². The van der Waals surface area contributed by atoms with Crippen LogP contribution in [0.1, 0.15) is 28.7 Å². The molecule has 0 heterocycles. The fraction of sp³-hybridized carbons (Fsp3) is 0.188. The van der Waals surface area contributed by atoms with E-state index in [1.54, 1.807) is 12.1 Å². The summed E-state index contributed by atoms with van der Waals surface area (Å²) in [5, 5.41) is 3.64. The standard InChI is InChI=1S/C16H14F2NO/c1-12-6-2-3-8-14(12)11-20-19-10-13-7-4-5-9-15(13)16(17)18/h2-9,16H,11H2,1H3. The van der Waals surface area contributed by atoms with Gasteiger partial charge in [-0.05, 0) is 18.1 Å². The van der Waals surface area contributed by atoms with Gasteiger partial charge in [0.2, 0.25) is 0 Å². The van der Waals surface area contributed by atoms with Crippen LogP contribution in [0, 0.1) is 6.92 Å². The van der Waals surface area contributed by atoms with E-state index in [2.05, 4.69) is 11.4 Å². The quantitative estimate of drug-likeness (QED) is 0.586. The molecule has 0 amide bonds. The normalized spacial score (nSPS) is 11.2. The van der Waals surface area contributed by atoms with E-state index >= 15 is 0 Å². The van der Waals surface area contributed by atoms with Crippen LogP contribution < -0.4 is 0 Å². The number of hydrogen-bond donors (Lipinski definition) is 0. The van der Waals surface area contributed by atoms with Crippen LogP contribution in [-0.4, -0.2) is 6.21 Å². The number of rotatable bonds is 5. The number of aryl methyl sites for hydroxylation is 1. The Morgan fingerprint density at radius 2 is 1.80 bits per heavy atom. The highest BCUT2D eigenvalue weighted by molar-refractivity contribution is 5.81. The van der Waals surface area contributed by atoms with Crippen molar-refractivity contribution < 1.29 is 13.6 Å². The Bertz CT molecular complexity index is 597. The predicted molar refractivity (Wildman–Crippen MR) is 73.9 cm³/mol. The molecule has 20 heavy (non-hydrogen) atoms. The van der Waals surface area contributed by atoms with Gasteiger partial charge in [-0.2, -0.15) is 0 Å². The van der Waals surface area contributed by atoms with Crippen molar-refractivity contribution in [2.75, 3.05) is 0 Å². The SMILES string of the molecule is Cc1ccccc1CO/N=[C]\c1ccccc1C(F)F. The molecule has 0 atom stereocenters. The van der Waals surface area contributed by atoms with Crippen molar-refractivity contribution >= 4 is 6.21 Å². The fourth-order valence-electron chi connectivity index (χ4n) is 1.74. The summed E-state index contributed by atoms with van der Waals surface area (Å²) in [7, 11) is 0. The van der Waals surface area contributed by atoms with Crippen molar-refractivity contribution in [2.45, 2.75) is 20.0 Å². The maximum atomic E-state index is 12.7. The molecule has 4 heteroatoms. The van der Waals surface area contributed by atoms with Crippen LogP contribution >= 0.6 is 0 Å². The van der Waals surface area contributed by atoms with Crippen molar-refractivity contribution in [3.8, 4) is 0 Å². The summed E-state index contributed by atoms with van der Waals surface area (Å²) in [6, 6.07) is 13.8. The van der Waals surface area contributed by atoms with Gasteiger partial charge in [0, 0.05) is 11.1 Å². The van der Waals surface area contributed by atoms with Crippen molar-refractivity contribution in [2.24, 2.45) is 5.16 Å². The zero-order valence-electron chi connectivity index (χ0n) is 11.0. The van der Waals surface area contributed by atoms with Gasteiger partial charge in [-0.25, -0.2) is 8.78 Å². The summed E-state index contributed by atoms with van der Waals surface area (Å²) >= 11 is 0. The summed E-state index contributed by atoms with van der Waals surface area (Å²) in [4.78, 5) is 5.11. The lowest BCUT2D eigenvalue weighted by Crippen LogP contribution is -1.94. The lowest BCUT2D eigenvalue weighted by molar-refractivity contribution is 0.131. The second kappa shape index (κ2) is 6.80. The molecule has 0 saturated carbocycles. The molecular formula is C16H14F2NO. The summed E-state index contributed by atoms with van der Waals surface area (Å²) in [5.41, 5.74) is 2.24. The van der Waals surface area contributed by atoms with E-state index in [-0.39, 0.29) is 17.7 Å². The molecule has 0 bridgehead atoms. The third-order valence-electron chi connectivity index (χ3n) is 2.91. The first-order valence-electron chi connectivity index (χ1n) is 6.18. The van der Waals surface area contributed by atoms with Gasteiger partial charge in [-0.1, -0.05) is 53.7 Å². The lowest BCUT2D eigenvalue weighted by atomic mass is 10.1. The number of nitrogens with zero attached hydrogens (tertiary/aromatic N) is 1. The topological polar surface area (TPSA) is 21.6 Å². The second-order valence-corrected chi connectivity index (χ2v) is 4.29. The van der Waals surface area contributed by atoms with Gasteiger partial charge >= 0.3 is 0 Å². The van der Waals surface area contributed by atoms with Gasteiger partial charge in [0.25, 0.3) is 6.43 Å². The van der Waals surface area contributed by atoms with Gasteiger partial charge in [-0.3, -0.25) is 0 Å². The molecule has 0 unspecified atom stereocenters. The maximum Gasteiger partial charge on any atom is 0.264 e. The predicted octanol–water partition coefficient (Wildman–Crippen LogP) is 4.36. The van der Waals surface area contributed by atoms with E-state index in [1.165, 1.54) is 12.1 Å². The van der Waals surface area contributed by atoms with E-state index in [0.29, 0.717) is 0 Å². The van der Waals surface area contributed by atoms with E-state index in [1.807, 2.05) is 31.2 Å². The number of benzene rings is 2. The summed E-state index contributed by atoms with van der Waals surface area (Å²) in [6.07, 6.45) is -0.0436. The molecule has 0 aliphatic heterocycles. The molecule has 0 aliphatic carbocycles. The molecule has 0 aliphatic rings. The van der Waals surface area contributed by atoms with Crippen molar-refractivity contribution in [1.82, 2.24) is 0 Å². The Hall–Kier alpha value is -2.23. The summed E-state index contributed by atoms with van der Waals surface area (Å²) < 4.78 is 25.5. The van der Waals surface area contributed by atoms with E-state index in [0.717, 1.165) is 11.1 Å². The van der Waals surface area contributed by atoms with Gasteiger partial charge in [0.05, 0.1) is 0 Å². The Labute approximate surface area is 116 Å². The average Bonchev–Trinajstić information content (AvgIpc) is 2.45. The Morgan fingerprint density at radius 1 is 1.10 bits per heavy atom. The smallest absolute Gasteiger partial charge is 0.264 e. The molecule has 0 N–H and O–H groups in total. The van der Waals surface area contributed by atoms with Crippen molar-refractivity contribution in [3.63, 3.8) is 0 Å². The third-order valence-corrected chi connectivity index (χ3v) is 2.91. The zero-order valence-corrected chi connectivity index (χ0v) is 11.0. The molecule has 1 radical (unpaired) electrons. The molecule has 2 aromatic carbocycles. The molecule has 2 nitrogen and oxygen atoms in total. The van der Waals surface area contributed by atoms with E-state index < -0.39 is 6.43 Å². The Morgan fingerprint density at radius 3 is 2.55 bits per heavy atom. The average molecular weight is 274 g/mol. The Balaban J connectivity index is 1.99. The first-order valence-corrected chi connectivity index (χ1v) is 6.18. The Kier molecular flexibility index (Phi) is 4.82. The third kappa shape index (κ3) is 3.63. The van der Waals surface area contributed by atoms with E-state index in [4.69, 9.17) is 4.84 Å². The van der Waals surface area contributed by atoms with Gasteiger partial charge in [0.15, 0.2) is 0 Å². The fourth-order valence-corrected chi connectivity index (χ4v) is 1.74. The van der Waals surface area contributed by atoms with Crippen LogP contribution in [0.2, 0.25) is 0 Å². The first kappa shape index (κ1) is 14.2. The molecule has 0 saturated heterocycles. The highest BCUT2D eigenvalue weighted by atomic mass is 19.3. The minimum Gasteiger partial charge on any atom is -0.390 e. The largest absolute Gasteiger partial charge is 0.390 e. The molecule has 2 aromatic rings. The number of alkyl halides is 2. The number of halogens is 2. The van der Waals surface area contributed by atoms with Gasteiger partial charge in [-0.15, -0.1) is 0 Å². The van der Waals surface area contributed by atoms with Crippen LogP contribution in [0.5, 0.6) is 0 Å². The summed E-state index contributed by atoms with van der Waals surface area (Å²) in [5.74, 6) is 0. The monoisotopic (exact) mass is 274 g/mol. The van der Waals surface area contributed by atoms with Crippen LogP contribution in [0.3, 0.4) is 0 Å². The van der Waals surface area contributed by atoms with Crippen LogP contribution in [0.4, 0.5) is 8.78 Å². The van der Waals surface area contributed by atoms with Crippen LogP contribution in [0.25, 0.3) is 0 Å². The molecule has 0 fully saturated rings. The zero-order chi connectivity index (χ0) is 14.4. The number of hydrogen-bond acceptors (Lipinski definition) is 2. The maximum absolute atomic E-state index is 12.7. The van der Waals surface area contributed by atoms with Crippen molar-refractivity contribution in [3.05, 3.63) is 70.8 Å². The van der Waals surface area contributed by atoms with E-state index in [9.17, 15) is 8.78 Å². The molecule has 103 valence electrons. The van der Waals surface area contributed by atoms with Crippen molar-refractivity contribution in [1.29, 1.82) is 0 Å². The highest BCUT2D eigenvalue weighted by Crippen LogP contribution is 2.21. The minimum absolute atomic E-state index is 0.101. The van der Waals surface area contributed by atoms with Crippen LogP contribution in [0.15, 0.2) is 53.7 Å². The summed E-state index contributed by atoms with van der Waals surface area (Å²) in [6.45, 7) is 2.26. The molecule has 0 spiro atoms. The molecular weight excluding hydrogens is 260 g/mol. The second-order valence-electron chi connectivity index (χ2n) is 4.29.